The number of benzene rings is 1. The van der Waals surface area contributed by atoms with Crippen molar-refractivity contribution in [1.29, 1.82) is 0 Å². The lowest BCUT2D eigenvalue weighted by atomic mass is 10.1. The summed E-state index contributed by atoms with van der Waals surface area (Å²) in [6, 6.07) is 3.37. The van der Waals surface area contributed by atoms with E-state index >= 15 is 0 Å². The van der Waals surface area contributed by atoms with Crippen LogP contribution in [0.2, 0.25) is 0 Å². The topological polar surface area (TPSA) is 30.5 Å². The summed E-state index contributed by atoms with van der Waals surface area (Å²) in [7, 11) is 4.94. The number of likely N-dealkylation sites (N-methyl/N-ethyl adjacent to an activating group) is 1. The summed E-state index contributed by atoms with van der Waals surface area (Å²) >= 11 is 0. The van der Waals surface area contributed by atoms with Gasteiger partial charge in [-0.2, -0.15) is 0 Å². The van der Waals surface area contributed by atoms with Crippen LogP contribution in [-0.4, -0.2) is 27.8 Å². The summed E-state index contributed by atoms with van der Waals surface area (Å²) in [5.41, 5.74) is 1.69. The third-order valence-corrected chi connectivity index (χ3v) is 2.34. The minimum absolute atomic E-state index is 0.329. The first-order chi connectivity index (χ1) is 7.72. The molecule has 0 aliphatic rings. The van der Waals surface area contributed by atoms with E-state index in [0.717, 1.165) is 24.1 Å². The molecular formula is C12H18FNO2. The zero-order chi connectivity index (χ0) is 12.0. The fourth-order valence-electron chi connectivity index (χ4n) is 1.64. The van der Waals surface area contributed by atoms with Crippen molar-refractivity contribution in [2.45, 2.75) is 13.0 Å². The van der Waals surface area contributed by atoms with Gasteiger partial charge in [-0.05, 0) is 43.3 Å². The lowest BCUT2D eigenvalue weighted by molar-refractivity contribution is 0.184. The molecule has 0 saturated carbocycles. The molecule has 0 fully saturated rings. The highest BCUT2D eigenvalue weighted by Gasteiger charge is 2.11. The van der Waals surface area contributed by atoms with E-state index in [1.54, 1.807) is 7.11 Å². The van der Waals surface area contributed by atoms with Crippen LogP contribution in [0.25, 0.3) is 0 Å². The largest absolute Gasteiger partial charge is 0.493 e. The van der Waals surface area contributed by atoms with Gasteiger partial charge in [-0.25, -0.2) is 4.39 Å². The van der Waals surface area contributed by atoms with Gasteiger partial charge in [-0.15, -0.1) is 0 Å². The van der Waals surface area contributed by atoms with Crippen molar-refractivity contribution in [3.63, 3.8) is 0 Å². The van der Waals surface area contributed by atoms with Crippen LogP contribution in [0, 0.1) is 5.82 Å². The monoisotopic (exact) mass is 227 g/mol. The molecule has 4 heteroatoms. The first kappa shape index (κ1) is 12.9. The maximum absolute atomic E-state index is 13.7. The van der Waals surface area contributed by atoms with Gasteiger partial charge in [0.15, 0.2) is 11.6 Å². The molecule has 0 saturated heterocycles. The van der Waals surface area contributed by atoms with Crippen LogP contribution < -0.4 is 10.1 Å². The van der Waals surface area contributed by atoms with Gasteiger partial charge in [0.25, 0.3) is 0 Å². The van der Waals surface area contributed by atoms with E-state index in [1.807, 2.05) is 13.1 Å². The van der Waals surface area contributed by atoms with Gasteiger partial charge in [-0.1, -0.05) is 0 Å². The van der Waals surface area contributed by atoms with Crippen molar-refractivity contribution < 1.29 is 13.9 Å². The number of hydrogen-bond donors (Lipinski definition) is 1. The predicted molar refractivity (Wildman–Crippen MR) is 61.3 cm³/mol. The maximum Gasteiger partial charge on any atom is 0.165 e. The van der Waals surface area contributed by atoms with Crippen molar-refractivity contribution in [2.75, 3.05) is 27.8 Å². The van der Waals surface area contributed by atoms with E-state index < -0.39 is 0 Å². The minimum Gasteiger partial charge on any atom is -0.493 e. The first-order valence-electron chi connectivity index (χ1n) is 5.21. The van der Waals surface area contributed by atoms with Crippen molar-refractivity contribution in [2.24, 2.45) is 0 Å². The second-order valence-electron chi connectivity index (χ2n) is 3.56. The third-order valence-electron chi connectivity index (χ3n) is 2.34. The summed E-state index contributed by atoms with van der Waals surface area (Å²) in [5.74, 6) is -0.00161. The van der Waals surface area contributed by atoms with Crippen molar-refractivity contribution in [3.05, 3.63) is 29.1 Å². The van der Waals surface area contributed by atoms with E-state index in [-0.39, 0.29) is 5.82 Å². The summed E-state index contributed by atoms with van der Waals surface area (Å²) < 4.78 is 23.7. The SMILES string of the molecule is CNCCc1cc(COC)cc(F)c1OC. The third kappa shape index (κ3) is 3.18. The molecule has 1 aromatic rings. The number of halogens is 1. The number of hydrogen-bond acceptors (Lipinski definition) is 3. The molecule has 1 N–H and O–H groups in total. The van der Waals surface area contributed by atoms with Crippen LogP contribution in [0.3, 0.4) is 0 Å². The van der Waals surface area contributed by atoms with Gasteiger partial charge in [0.2, 0.25) is 0 Å². The molecule has 0 aromatic heterocycles. The van der Waals surface area contributed by atoms with Gasteiger partial charge in [0.1, 0.15) is 0 Å². The van der Waals surface area contributed by atoms with Gasteiger partial charge >= 0.3 is 0 Å². The molecule has 0 radical (unpaired) electrons. The number of ether oxygens (including phenoxy) is 2. The predicted octanol–water partition coefficient (Wildman–Crippen LogP) is 1.74. The van der Waals surface area contributed by atoms with Gasteiger partial charge in [0, 0.05) is 7.11 Å². The second kappa shape index (κ2) is 6.45. The Hall–Kier alpha value is -1.13. The standard InChI is InChI=1S/C12H18FNO2/c1-14-5-4-10-6-9(8-15-2)7-11(13)12(10)16-3/h6-7,14H,4-5,8H2,1-3H3. The van der Waals surface area contributed by atoms with E-state index in [1.165, 1.54) is 13.2 Å². The Kier molecular flexibility index (Phi) is 5.22. The Labute approximate surface area is 95.6 Å². The van der Waals surface area contributed by atoms with Gasteiger partial charge < -0.3 is 14.8 Å². The zero-order valence-corrected chi connectivity index (χ0v) is 9.97. The number of nitrogens with one attached hydrogen (secondary N) is 1. The summed E-state index contributed by atoms with van der Waals surface area (Å²) in [6.45, 7) is 1.19. The molecule has 0 heterocycles. The zero-order valence-electron chi connectivity index (χ0n) is 9.97. The lowest BCUT2D eigenvalue weighted by Gasteiger charge is -2.11. The Balaban J connectivity index is 2.99. The molecule has 0 atom stereocenters. The molecule has 90 valence electrons. The fraction of sp³-hybridized carbons (Fsp3) is 0.500. The van der Waals surface area contributed by atoms with Crippen LogP contribution >= 0.6 is 0 Å². The van der Waals surface area contributed by atoms with Crippen LogP contribution in [0.5, 0.6) is 5.75 Å². The normalized spacial score (nSPS) is 10.5. The average Bonchev–Trinajstić information content (AvgIpc) is 2.26. The number of methoxy groups -OCH3 is 2. The van der Waals surface area contributed by atoms with Crippen LogP contribution in [0.15, 0.2) is 12.1 Å². The molecule has 16 heavy (non-hydrogen) atoms. The molecule has 3 nitrogen and oxygen atoms in total. The van der Waals surface area contributed by atoms with Crippen molar-refractivity contribution in [1.82, 2.24) is 5.32 Å². The maximum atomic E-state index is 13.7. The Bertz CT molecular complexity index is 342. The lowest BCUT2D eigenvalue weighted by Crippen LogP contribution is -2.11. The Morgan fingerprint density at radius 3 is 2.62 bits per heavy atom. The first-order valence-corrected chi connectivity index (χ1v) is 5.21. The van der Waals surface area contributed by atoms with Gasteiger partial charge in [0.05, 0.1) is 13.7 Å². The highest BCUT2D eigenvalue weighted by Crippen LogP contribution is 2.25. The van der Waals surface area contributed by atoms with Crippen LogP contribution in [0.1, 0.15) is 11.1 Å². The highest BCUT2D eigenvalue weighted by molar-refractivity contribution is 5.39. The van der Waals surface area contributed by atoms with Crippen molar-refractivity contribution >= 4 is 0 Å². The molecule has 0 spiro atoms. The molecule has 0 aliphatic carbocycles. The van der Waals surface area contributed by atoms with E-state index in [9.17, 15) is 4.39 Å². The smallest absolute Gasteiger partial charge is 0.165 e. The summed E-state index contributed by atoms with van der Waals surface area (Å²) in [5, 5.41) is 3.03. The molecule has 1 rings (SSSR count). The Morgan fingerprint density at radius 1 is 1.31 bits per heavy atom. The summed E-state index contributed by atoms with van der Waals surface area (Å²) in [6.07, 6.45) is 0.730. The molecule has 0 amide bonds. The highest BCUT2D eigenvalue weighted by atomic mass is 19.1. The fourth-order valence-corrected chi connectivity index (χ4v) is 1.64. The van der Waals surface area contributed by atoms with E-state index in [4.69, 9.17) is 9.47 Å². The quantitative estimate of drug-likeness (QED) is 0.803. The minimum atomic E-state index is -0.330. The van der Waals surface area contributed by atoms with Crippen molar-refractivity contribution in [3.8, 4) is 5.75 Å². The van der Waals surface area contributed by atoms with Gasteiger partial charge in [-0.3, -0.25) is 0 Å². The average molecular weight is 227 g/mol. The summed E-state index contributed by atoms with van der Waals surface area (Å²) in [4.78, 5) is 0. The molecular weight excluding hydrogens is 209 g/mol. The molecule has 0 unspecified atom stereocenters. The molecule has 0 aliphatic heterocycles. The molecule has 1 aromatic carbocycles. The van der Waals surface area contributed by atoms with E-state index in [2.05, 4.69) is 5.32 Å². The van der Waals surface area contributed by atoms with Crippen LogP contribution in [-0.2, 0) is 17.8 Å². The Morgan fingerprint density at radius 2 is 2.06 bits per heavy atom. The number of rotatable bonds is 6. The van der Waals surface area contributed by atoms with E-state index in [0.29, 0.717) is 12.4 Å². The molecule has 0 bridgehead atoms. The van der Waals surface area contributed by atoms with Crippen LogP contribution in [0.4, 0.5) is 4.39 Å². The second-order valence-corrected chi connectivity index (χ2v) is 3.56.